The number of aryl methyl sites for hydroxylation is 1. The van der Waals surface area contributed by atoms with Gasteiger partial charge in [-0.1, -0.05) is 42.5 Å². The van der Waals surface area contributed by atoms with Gasteiger partial charge in [0.2, 0.25) is 10.0 Å². The Hall–Kier alpha value is -3.26. The molecule has 0 saturated heterocycles. The van der Waals surface area contributed by atoms with E-state index in [1.54, 1.807) is 23.7 Å². The van der Waals surface area contributed by atoms with Crippen LogP contribution in [0.2, 0.25) is 0 Å². The van der Waals surface area contributed by atoms with E-state index < -0.39 is 10.0 Å². The highest BCUT2D eigenvalue weighted by Crippen LogP contribution is 2.38. The molecule has 0 atom stereocenters. The fourth-order valence-electron chi connectivity index (χ4n) is 5.18. The molecule has 5 aromatic rings. The molecule has 0 unspecified atom stereocenters. The average molecular weight is 528 g/mol. The van der Waals surface area contributed by atoms with Crippen molar-refractivity contribution in [3.8, 4) is 22.3 Å². The van der Waals surface area contributed by atoms with E-state index in [0.717, 1.165) is 52.7 Å². The van der Waals surface area contributed by atoms with Crippen LogP contribution in [0.5, 0.6) is 0 Å². The summed E-state index contributed by atoms with van der Waals surface area (Å²) >= 11 is 1.69. The van der Waals surface area contributed by atoms with E-state index >= 15 is 0 Å². The third-order valence-corrected chi connectivity index (χ3v) is 10.0. The van der Waals surface area contributed by atoms with Gasteiger partial charge in [-0.25, -0.2) is 17.4 Å². The molecule has 6 rings (SSSR count). The number of nitrogens with zero attached hydrogens (tertiary/aromatic N) is 3. The van der Waals surface area contributed by atoms with E-state index in [-0.39, 0.29) is 5.75 Å². The Labute approximate surface area is 222 Å². The van der Waals surface area contributed by atoms with Gasteiger partial charge >= 0.3 is 0 Å². The van der Waals surface area contributed by atoms with Crippen LogP contribution in [-0.2, 0) is 28.7 Å². The number of pyridine rings is 1. The Morgan fingerprint density at radius 2 is 1.78 bits per heavy atom. The van der Waals surface area contributed by atoms with Crippen LogP contribution in [0.3, 0.4) is 0 Å². The van der Waals surface area contributed by atoms with E-state index in [4.69, 9.17) is 4.98 Å². The van der Waals surface area contributed by atoms with Crippen LogP contribution >= 0.6 is 11.3 Å². The van der Waals surface area contributed by atoms with Gasteiger partial charge in [-0.2, -0.15) is 0 Å². The van der Waals surface area contributed by atoms with Gasteiger partial charge in [-0.05, 0) is 78.2 Å². The highest BCUT2D eigenvalue weighted by atomic mass is 32.2. The largest absolute Gasteiger partial charge is 0.302 e. The summed E-state index contributed by atoms with van der Waals surface area (Å²) in [5.74, 6) is -0.0829. The van der Waals surface area contributed by atoms with Gasteiger partial charge in [-0.15, -0.1) is 11.3 Å². The van der Waals surface area contributed by atoms with Crippen molar-refractivity contribution in [2.45, 2.75) is 32.6 Å². The van der Waals surface area contributed by atoms with E-state index in [9.17, 15) is 8.42 Å². The molecular formula is C30H29N3O2S2. The molecule has 0 N–H and O–H groups in total. The number of thiophene rings is 1. The average Bonchev–Trinajstić information content (AvgIpc) is 3.43. The first-order valence-corrected chi connectivity index (χ1v) is 14.9. The molecule has 5 nitrogen and oxygen atoms in total. The molecule has 188 valence electrons. The van der Waals surface area contributed by atoms with E-state index in [0.29, 0.717) is 5.65 Å². The van der Waals surface area contributed by atoms with Crippen molar-refractivity contribution < 1.29 is 8.42 Å². The van der Waals surface area contributed by atoms with Crippen LogP contribution in [0.1, 0.15) is 27.1 Å². The Bertz CT molecular complexity index is 1730. The zero-order valence-corrected chi connectivity index (χ0v) is 22.9. The van der Waals surface area contributed by atoms with Crippen molar-refractivity contribution in [2.24, 2.45) is 0 Å². The van der Waals surface area contributed by atoms with Crippen molar-refractivity contribution in [1.29, 1.82) is 0 Å². The first-order valence-electron chi connectivity index (χ1n) is 12.4. The lowest BCUT2D eigenvalue weighted by Gasteiger charge is -2.25. The second-order valence-corrected chi connectivity index (χ2v) is 12.9. The van der Waals surface area contributed by atoms with E-state index in [2.05, 4.69) is 55.4 Å². The molecule has 2 aromatic carbocycles. The second-order valence-electron chi connectivity index (χ2n) is 9.98. The van der Waals surface area contributed by atoms with Crippen LogP contribution in [0.25, 0.3) is 33.3 Å². The molecule has 0 bridgehead atoms. The molecule has 37 heavy (non-hydrogen) atoms. The Balaban J connectivity index is 1.51. The lowest BCUT2D eigenvalue weighted by Crippen LogP contribution is -2.26. The third kappa shape index (κ3) is 4.41. The molecule has 3 aromatic heterocycles. The van der Waals surface area contributed by atoms with Gasteiger partial charge in [0, 0.05) is 46.9 Å². The molecule has 0 spiro atoms. The monoisotopic (exact) mass is 527 g/mol. The topological polar surface area (TPSA) is 55.2 Å². The summed E-state index contributed by atoms with van der Waals surface area (Å²) in [6, 6.07) is 18.1. The maximum Gasteiger partial charge on any atom is 0.244 e. The quantitative estimate of drug-likeness (QED) is 0.265. The summed E-state index contributed by atoms with van der Waals surface area (Å²) < 4.78 is 28.6. The van der Waals surface area contributed by atoms with Gasteiger partial charge < -0.3 is 4.90 Å². The fraction of sp³-hybridized carbons (Fsp3) is 0.233. The first-order chi connectivity index (χ1) is 17.8. The van der Waals surface area contributed by atoms with Gasteiger partial charge in [0.15, 0.2) is 5.65 Å². The van der Waals surface area contributed by atoms with Gasteiger partial charge in [-0.3, -0.25) is 0 Å². The van der Waals surface area contributed by atoms with Gasteiger partial charge in [0.05, 0.1) is 5.75 Å². The molecule has 0 fully saturated rings. The summed E-state index contributed by atoms with van der Waals surface area (Å²) in [6.45, 7) is 6.21. The molecule has 0 amide bonds. The lowest BCUT2D eigenvalue weighted by atomic mass is 9.95. The Morgan fingerprint density at radius 1 is 0.973 bits per heavy atom. The fourth-order valence-corrected chi connectivity index (χ4v) is 7.49. The highest BCUT2D eigenvalue weighted by Gasteiger charge is 2.23. The number of hydrogen-bond donors (Lipinski definition) is 0. The van der Waals surface area contributed by atoms with E-state index in [1.807, 2.05) is 30.3 Å². The van der Waals surface area contributed by atoms with Crippen molar-refractivity contribution >= 4 is 32.4 Å². The predicted molar refractivity (Wildman–Crippen MR) is 152 cm³/mol. The van der Waals surface area contributed by atoms with Gasteiger partial charge in [0.25, 0.3) is 0 Å². The molecule has 0 radical (unpaired) electrons. The van der Waals surface area contributed by atoms with Crippen molar-refractivity contribution in [3.05, 3.63) is 99.5 Å². The summed E-state index contributed by atoms with van der Waals surface area (Å²) in [7, 11) is -1.52. The van der Waals surface area contributed by atoms with Crippen LogP contribution < -0.4 is 0 Å². The molecule has 1 aliphatic heterocycles. The molecule has 0 aliphatic carbocycles. The zero-order chi connectivity index (χ0) is 25.7. The second kappa shape index (κ2) is 9.24. The SMILES string of the molecule is Cc1scc(-c2cn(S(=O)(=O)Cc3ccccc3)c3ncc(-c4ccc5c(c4)CN(C)CC5)cc23)c1C. The van der Waals surface area contributed by atoms with Gasteiger partial charge in [0.1, 0.15) is 0 Å². The molecule has 4 heterocycles. The summed E-state index contributed by atoms with van der Waals surface area (Å²) in [5, 5.41) is 2.97. The standard InChI is InChI=1S/C30H29N3O2S2/c1-20-21(2)36-18-29(20)28-17-33(37(34,35)19-22-7-5-4-6-8-22)30-27(28)14-25(15-31-30)24-10-9-23-11-12-32(3)16-26(23)13-24/h4-10,13-15,17-18H,11-12,16,19H2,1-3H3. The normalized spacial score (nSPS) is 14.2. The minimum atomic E-state index is -3.68. The van der Waals surface area contributed by atoms with Crippen molar-refractivity contribution in [2.75, 3.05) is 13.6 Å². The van der Waals surface area contributed by atoms with Crippen LogP contribution in [-0.4, -0.2) is 35.9 Å². The molecule has 0 saturated carbocycles. The number of likely N-dealkylation sites (N-methyl/N-ethyl adjacent to an activating group) is 1. The van der Waals surface area contributed by atoms with Crippen molar-refractivity contribution in [3.63, 3.8) is 0 Å². The van der Waals surface area contributed by atoms with Crippen molar-refractivity contribution in [1.82, 2.24) is 13.9 Å². The lowest BCUT2D eigenvalue weighted by molar-refractivity contribution is 0.313. The number of fused-ring (bicyclic) bond motifs is 2. The number of benzene rings is 2. The Morgan fingerprint density at radius 3 is 2.54 bits per heavy atom. The number of hydrogen-bond acceptors (Lipinski definition) is 5. The summed E-state index contributed by atoms with van der Waals surface area (Å²) in [5.41, 5.74) is 9.21. The number of rotatable bonds is 5. The predicted octanol–water partition coefficient (Wildman–Crippen LogP) is 6.41. The summed E-state index contributed by atoms with van der Waals surface area (Å²) in [4.78, 5) is 8.32. The first kappa shape index (κ1) is 24.1. The summed E-state index contributed by atoms with van der Waals surface area (Å²) in [6.07, 6.45) is 4.63. The van der Waals surface area contributed by atoms with Crippen LogP contribution in [0.4, 0.5) is 0 Å². The smallest absolute Gasteiger partial charge is 0.244 e. The minimum absolute atomic E-state index is 0.0829. The molecular weight excluding hydrogens is 498 g/mol. The third-order valence-electron chi connectivity index (χ3n) is 7.42. The molecule has 7 heteroatoms. The highest BCUT2D eigenvalue weighted by molar-refractivity contribution is 7.89. The molecule has 1 aliphatic rings. The van der Waals surface area contributed by atoms with E-state index in [1.165, 1.54) is 25.5 Å². The minimum Gasteiger partial charge on any atom is -0.302 e. The number of aromatic nitrogens is 2. The Kier molecular flexibility index (Phi) is 6.02. The van der Waals surface area contributed by atoms with Crippen LogP contribution in [0, 0.1) is 13.8 Å². The van der Waals surface area contributed by atoms with Crippen LogP contribution in [0.15, 0.2) is 72.4 Å². The maximum atomic E-state index is 13.6. The zero-order valence-electron chi connectivity index (χ0n) is 21.2. The maximum absolute atomic E-state index is 13.6.